The van der Waals surface area contributed by atoms with Crippen LogP contribution in [0.25, 0.3) is 0 Å². The average Bonchev–Trinajstić information content (AvgIpc) is 3.14. The molecule has 22 heavy (non-hydrogen) atoms. The number of aliphatic carboxylic acids is 1. The standard InChI is InChI=1S/C16H23N3O3/c1-11-13(10-17-19(11)12-6-3-2-4-7-12)15(20)18-9-5-8-14(18)16(21)22/h10,12,14H,2-9H2,1H3,(H,21,22)/t14-/m0/s1. The van der Waals surface area contributed by atoms with Crippen LogP contribution in [0.2, 0.25) is 0 Å². The van der Waals surface area contributed by atoms with Crippen molar-refractivity contribution in [3.63, 3.8) is 0 Å². The zero-order valence-electron chi connectivity index (χ0n) is 13.0. The van der Waals surface area contributed by atoms with Gasteiger partial charge in [0.2, 0.25) is 0 Å². The summed E-state index contributed by atoms with van der Waals surface area (Å²) in [5.74, 6) is -1.10. The first-order valence-corrected chi connectivity index (χ1v) is 8.17. The maximum absolute atomic E-state index is 12.7. The fourth-order valence-corrected chi connectivity index (χ4v) is 3.75. The van der Waals surface area contributed by atoms with E-state index >= 15 is 0 Å². The maximum Gasteiger partial charge on any atom is 0.326 e. The van der Waals surface area contributed by atoms with E-state index in [1.54, 1.807) is 6.20 Å². The Labute approximate surface area is 130 Å². The summed E-state index contributed by atoms with van der Waals surface area (Å²) in [4.78, 5) is 25.4. The van der Waals surface area contributed by atoms with Gasteiger partial charge in [0.25, 0.3) is 5.91 Å². The number of carboxylic acids is 1. The summed E-state index contributed by atoms with van der Waals surface area (Å²) in [6.45, 7) is 2.44. The average molecular weight is 305 g/mol. The molecule has 1 saturated carbocycles. The second kappa shape index (κ2) is 6.10. The first kappa shape index (κ1) is 15.1. The number of carboxylic acid groups (broad SMARTS) is 1. The third-order valence-electron chi connectivity index (χ3n) is 4.99. The lowest BCUT2D eigenvalue weighted by Crippen LogP contribution is -2.40. The van der Waals surface area contributed by atoms with Crippen molar-refractivity contribution in [3.05, 3.63) is 17.5 Å². The lowest BCUT2D eigenvalue weighted by molar-refractivity contribution is -0.141. The molecule has 6 heteroatoms. The van der Waals surface area contributed by atoms with E-state index in [1.807, 2.05) is 11.6 Å². The zero-order valence-corrected chi connectivity index (χ0v) is 13.0. The number of hydrogen-bond acceptors (Lipinski definition) is 3. The van der Waals surface area contributed by atoms with Crippen LogP contribution in [0.4, 0.5) is 0 Å². The molecule has 2 heterocycles. The van der Waals surface area contributed by atoms with Gasteiger partial charge in [-0.3, -0.25) is 9.48 Å². The quantitative estimate of drug-likeness (QED) is 0.930. The minimum absolute atomic E-state index is 0.190. The van der Waals surface area contributed by atoms with Crippen molar-refractivity contribution in [3.8, 4) is 0 Å². The summed E-state index contributed by atoms with van der Waals surface area (Å²) < 4.78 is 1.97. The van der Waals surface area contributed by atoms with Gasteiger partial charge in [0, 0.05) is 12.2 Å². The van der Waals surface area contributed by atoms with E-state index in [1.165, 1.54) is 24.2 Å². The van der Waals surface area contributed by atoms with Crippen LogP contribution in [0.1, 0.15) is 67.0 Å². The summed E-state index contributed by atoms with van der Waals surface area (Å²) in [5, 5.41) is 13.7. The molecule has 3 rings (SSSR count). The van der Waals surface area contributed by atoms with Crippen LogP contribution < -0.4 is 0 Å². The molecule has 2 fully saturated rings. The number of hydrogen-bond donors (Lipinski definition) is 1. The van der Waals surface area contributed by atoms with Crippen molar-refractivity contribution in [1.29, 1.82) is 0 Å². The van der Waals surface area contributed by atoms with Gasteiger partial charge >= 0.3 is 5.97 Å². The third kappa shape index (κ3) is 2.62. The predicted octanol–water partition coefficient (Wildman–Crippen LogP) is 2.39. The van der Waals surface area contributed by atoms with E-state index in [4.69, 9.17) is 0 Å². The molecule has 1 aromatic rings. The molecule has 1 atom stereocenters. The molecule has 1 aliphatic heterocycles. The van der Waals surface area contributed by atoms with Crippen LogP contribution in [0, 0.1) is 6.92 Å². The number of likely N-dealkylation sites (tertiary alicyclic amines) is 1. The molecule has 0 aromatic carbocycles. The highest BCUT2D eigenvalue weighted by molar-refractivity contribution is 5.97. The van der Waals surface area contributed by atoms with Gasteiger partial charge in [0.05, 0.1) is 17.8 Å². The fraction of sp³-hybridized carbons (Fsp3) is 0.688. The fourth-order valence-electron chi connectivity index (χ4n) is 3.75. The van der Waals surface area contributed by atoms with Crippen molar-refractivity contribution in [1.82, 2.24) is 14.7 Å². The smallest absolute Gasteiger partial charge is 0.326 e. The van der Waals surface area contributed by atoms with Crippen LogP contribution in [0.5, 0.6) is 0 Å². The molecular weight excluding hydrogens is 282 g/mol. The summed E-state index contributed by atoms with van der Waals surface area (Å²) in [6, 6.07) is -0.311. The topological polar surface area (TPSA) is 75.4 Å². The molecule has 6 nitrogen and oxygen atoms in total. The summed E-state index contributed by atoms with van der Waals surface area (Å²) in [5.41, 5.74) is 1.42. The molecule has 2 aliphatic rings. The molecule has 120 valence electrons. The highest BCUT2D eigenvalue weighted by Crippen LogP contribution is 2.30. The molecule has 0 radical (unpaired) electrons. The number of rotatable bonds is 3. The van der Waals surface area contributed by atoms with Gasteiger partial charge in [-0.05, 0) is 32.6 Å². The van der Waals surface area contributed by atoms with Crippen LogP contribution in [-0.2, 0) is 4.79 Å². The number of amides is 1. The lowest BCUT2D eigenvalue weighted by Gasteiger charge is -2.24. The molecule has 1 N–H and O–H groups in total. The van der Waals surface area contributed by atoms with Gasteiger partial charge in [0.1, 0.15) is 6.04 Å². The third-order valence-corrected chi connectivity index (χ3v) is 4.99. The first-order chi connectivity index (χ1) is 10.6. The van der Waals surface area contributed by atoms with E-state index in [9.17, 15) is 14.7 Å². The Morgan fingerprint density at radius 1 is 1.18 bits per heavy atom. The molecular formula is C16H23N3O3. The second-order valence-electron chi connectivity index (χ2n) is 6.37. The normalized spacial score (nSPS) is 23.0. The molecule has 0 bridgehead atoms. The summed E-state index contributed by atoms with van der Waals surface area (Å²) in [6.07, 6.45) is 8.81. The Balaban J connectivity index is 1.81. The number of aromatic nitrogens is 2. The van der Waals surface area contributed by atoms with E-state index in [0.29, 0.717) is 24.6 Å². The van der Waals surface area contributed by atoms with Crippen molar-refractivity contribution in [2.75, 3.05) is 6.54 Å². The SMILES string of the molecule is Cc1c(C(=O)N2CCC[C@H]2C(=O)O)cnn1C1CCCCC1. The number of nitrogens with zero attached hydrogens (tertiary/aromatic N) is 3. The molecule has 1 aromatic heterocycles. The van der Waals surface area contributed by atoms with E-state index in [2.05, 4.69) is 5.10 Å². The van der Waals surface area contributed by atoms with Crippen molar-refractivity contribution in [2.24, 2.45) is 0 Å². The Kier molecular flexibility index (Phi) is 4.18. The van der Waals surface area contributed by atoms with Crippen molar-refractivity contribution >= 4 is 11.9 Å². The Morgan fingerprint density at radius 2 is 1.91 bits per heavy atom. The van der Waals surface area contributed by atoms with Crippen molar-refractivity contribution < 1.29 is 14.7 Å². The monoisotopic (exact) mass is 305 g/mol. The van der Waals surface area contributed by atoms with Crippen LogP contribution >= 0.6 is 0 Å². The van der Waals surface area contributed by atoms with Gasteiger partial charge < -0.3 is 10.0 Å². The Morgan fingerprint density at radius 3 is 2.59 bits per heavy atom. The minimum atomic E-state index is -0.914. The largest absolute Gasteiger partial charge is 0.480 e. The van der Waals surface area contributed by atoms with E-state index in [0.717, 1.165) is 25.0 Å². The lowest BCUT2D eigenvalue weighted by atomic mass is 9.95. The zero-order chi connectivity index (χ0) is 15.7. The van der Waals surface area contributed by atoms with Crippen LogP contribution in [0.3, 0.4) is 0 Å². The van der Waals surface area contributed by atoms with E-state index < -0.39 is 12.0 Å². The second-order valence-corrected chi connectivity index (χ2v) is 6.37. The number of carbonyl (C=O) groups is 2. The highest BCUT2D eigenvalue weighted by Gasteiger charge is 2.35. The van der Waals surface area contributed by atoms with Gasteiger partial charge in [-0.2, -0.15) is 5.10 Å². The minimum Gasteiger partial charge on any atom is -0.480 e. The van der Waals surface area contributed by atoms with Gasteiger partial charge in [-0.15, -0.1) is 0 Å². The first-order valence-electron chi connectivity index (χ1n) is 8.17. The highest BCUT2D eigenvalue weighted by atomic mass is 16.4. The predicted molar refractivity (Wildman–Crippen MR) is 80.8 cm³/mol. The van der Waals surface area contributed by atoms with Crippen LogP contribution in [0.15, 0.2) is 6.20 Å². The Hall–Kier alpha value is -1.85. The maximum atomic E-state index is 12.7. The molecule has 0 unspecified atom stereocenters. The van der Waals surface area contributed by atoms with Crippen LogP contribution in [-0.4, -0.2) is 44.3 Å². The number of carbonyl (C=O) groups excluding carboxylic acids is 1. The molecule has 0 spiro atoms. The van der Waals surface area contributed by atoms with Gasteiger partial charge in [-0.1, -0.05) is 19.3 Å². The molecule has 1 amide bonds. The van der Waals surface area contributed by atoms with Gasteiger partial charge in [-0.25, -0.2) is 4.79 Å². The summed E-state index contributed by atoms with van der Waals surface area (Å²) >= 11 is 0. The molecule has 1 saturated heterocycles. The van der Waals surface area contributed by atoms with Crippen molar-refractivity contribution in [2.45, 2.75) is 64.0 Å². The Bertz CT molecular complexity index is 575. The van der Waals surface area contributed by atoms with Gasteiger partial charge in [0.15, 0.2) is 0 Å². The summed E-state index contributed by atoms with van der Waals surface area (Å²) in [7, 11) is 0. The van der Waals surface area contributed by atoms with E-state index in [-0.39, 0.29) is 5.91 Å². The molecule has 1 aliphatic carbocycles.